The summed E-state index contributed by atoms with van der Waals surface area (Å²) in [6.07, 6.45) is 3.58. The molecule has 1 unspecified atom stereocenters. The van der Waals surface area contributed by atoms with E-state index in [0.29, 0.717) is 6.42 Å². The highest BCUT2D eigenvalue weighted by atomic mass is 79.9. The molecule has 1 aliphatic rings. The van der Waals surface area contributed by atoms with Crippen LogP contribution in [0.25, 0.3) is 0 Å². The van der Waals surface area contributed by atoms with E-state index in [2.05, 4.69) is 21.2 Å². The number of nitrogens with two attached hydrogens (primary N) is 1. The second-order valence-corrected chi connectivity index (χ2v) is 6.93. The average Bonchev–Trinajstić information content (AvgIpc) is 2.92. The van der Waals surface area contributed by atoms with E-state index in [9.17, 15) is 9.59 Å². The number of nitrogens with one attached hydrogen (secondary N) is 1. The van der Waals surface area contributed by atoms with Gasteiger partial charge in [-0.3, -0.25) is 9.59 Å². The van der Waals surface area contributed by atoms with Gasteiger partial charge in [0.15, 0.2) is 0 Å². The van der Waals surface area contributed by atoms with Gasteiger partial charge >= 0.3 is 5.97 Å². The van der Waals surface area contributed by atoms with Crippen LogP contribution in [0.1, 0.15) is 43.7 Å². The van der Waals surface area contributed by atoms with Gasteiger partial charge in [0, 0.05) is 16.9 Å². The maximum Gasteiger partial charge on any atom is 0.307 e. The van der Waals surface area contributed by atoms with Crippen molar-refractivity contribution in [3.05, 3.63) is 34.3 Å². The highest BCUT2D eigenvalue weighted by molar-refractivity contribution is 9.10. The van der Waals surface area contributed by atoms with Crippen molar-refractivity contribution in [3.8, 4) is 0 Å². The third-order valence-corrected chi connectivity index (χ3v) is 4.90. The van der Waals surface area contributed by atoms with Crippen molar-refractivity contribution in [1.29, 1.82) is 0 Å². The van der Waals surface area contributed by atoms with Gasteiger partial charge in [0.1, 0.15) is 0 Å². The summed E-state index contributed by atoms with van der Waals surface area (Å²) in [4.78, 5) is 24.0. The van der Waals surface area contributed by atoms with Gasteiger partial charge in [-0.25, -0.2) is 0 Å². The van der Waals surface area contributed by atoms with Crippen molar-refractivity contribution in [2.45, 2.75) is 44.2 Å². The number of hydrogen-bond acceptors (Lipinski definition) is 4. The van der Waals surface area contributed by atoms with E-state index in [-0.39, 0.29) is 48.7 Å². The van der Waals surface area contributed by atoms with Crippen molar-refractivity contribution in [1.82, 2.24) is 5.32 Å². The smallest absolute Gasteiger partial charge is 0.307 e. The van der Waals surface area contributed by atoms with Gasteiger partial charge < -0.3 is 15.8 Å². The Morgan fingerprint density at radius 2 is 2.00 bits per heavy atom. The number of ether oxygens (including phenoxy) is 1. The van der Waals surface area contributed by atoms with Crippen LogP contribution >= 0.6 is 28.3 Å². The lowest BCUT2D eigenvalue weighted by atomic mass is 9.98. The summed E-state index contributed by atoms with van der Waals surface area (Å²) in [5, 5.41) is 2.95. The first-order valence-corrected chi connectivity index (χ1v) is 8.66. The molecule has 0 radical (unpaired) electrons. The predicted octanol–water partition coefficient (Wildman–Crippen LogP) is 3.11. The number of halogens is 2. The summed E-state index contributed by atoms with van der Waals surface area (Å²) in [6.45, 7) is 0. The van der Waals surface area contributed by atoms with Crippen molar-refractivity contribution in [2.24, 2.45) is 11.7 Å². The third-order valence-electron chi connectivity index (χ3n) is 4.37. The quantitative estimate of drug-likeness (QED) is 0.694. The largest absolute Gasteiger partial charge is 0.469 e. The Labute approximate surface area is 157 Å². The maximum atomic E-state index is 12.3. The Bertz CT molecular complexity index is 553. The number of benzene rings is 1. The Hall–Kier alpha value is -1.11. The lowest BCUT2D eigenvalue weighted by Gasteiger charge is -2.21. The molecule has 1 saturated carbocycles. The zero-order chi connectivity index (χ0) is 16.8. The van der Waals surface area contributed by atoms with Crippen LogP contribution < -0.4 is 11.1 Å². The summed E-state index contributed by atoms with van der Waals surface area (Å²) in [7, 11) is 1.35. The molecule has 0 aliphatic heterocycles. The SMILES string of the molecule is COC(=O)CC(NC(=O)C[C@@H]1CCC[C@H]1N)c1ccc(Br)cc1.Cl. The normalized spacial score (nSPS) is 20.8. The predicted molar refractivity (Wildman–Crippen MR) is 98.8 cm³/mol. The van der Waals surface area contributed by atoms with Crippen LogP contribution in [-0.4, -0.2) is 25.0 Å². The fraction of sp³-hybridized carbons (Fsp3) is 0.529. The Balaban J connectivity index is 0.00000288. The molecule has 0 saturated heterocycles. The van der Waals surface area contributed by atoms with E-state index < -0.39 is 0 Å². The minimum absolute atomic E-state index is 0. The Kier molecular flexibility index (Phi) is 8.73. The van der Waals surface area contributed by atoms with Crippen LogP contribution in [0.4, 0.5) is 0 Å². The molecule has 5 nitrogen and oxygen atoms in total. The molecule has 7 heteroatoms. The summed E-state index contributed by atoms with van der Waals surface area (Å²) >= 11 is 3.38. The Morgan fingerprint density at radius 3 is 2.54 bits per heavy atom. The van der Waals surface area contributed by atoms with Gasteiger partial charge in [0.05, 0.1) is 19.6 Å². The van der Waals surface area contributed by atoms with Gasteiger partial charge in [-0.15, -0.1) is 12.4 Å². The number of esters is 1. The molecule has 134 valence electrons. The van der Waals surface area contributed by atoms with Crippen LogP contribution in [0.5, 0.6) is 0 Å². The molecule has 1 aromatic rings. The van der Waals surface area contributed by atoms with Gasteiger partial charge in [0.2, 0.25) is 5.91 Å². The number of carbonyl (C=O) groups excluding carboxylic acids is 2. The van der Waals surface area contributed by atoms with E-state index in [1.54, 1.807) is 0 Å². The molecule has 0 heterocycles. The number of hydrogen-bond donors (Lipinski definition) is 2. The van der Waals surface area contributed by atoms with E-state index in [4.69, 9.17) is 10.5 Å². The van der Waals surface area contributed by atoms with Gasteiger partial charge in [0.25, 0.3) is 0 Å². The summed E-state index contributed by atoms with van der Waals surface area (Å²) < 4.78 is 5.68. The first-order chi connectivity index (χ1) is 11.0. The molecular weight excluding hydrogens is 396 g/mol. The van der Waals surface area contributed by atoms with Gasteiger partial charge in [-0.1, -0.05) is 34.5 Å². The molecule has 1 aliphatic carbocycles. The van der Waals surface area contributed by atoms with E-state index in [1.807, 2.05) is 24.3 Å². The van der Waals surface area contributed by atoms with Crippen molar-refractivity contribution in [3.63, 3.8) is 0 Å². The number of carbonyl (C=O) groups is 2. The monoisotopic (exact) mass is 418 g/mol. The molecule has 3 N–H and O–H groups in total. The minimum Gasteiger partial charge on any atom is -0.469 e. The lowest BCUT2D eigenvalue weighted by Crippen LogP contribution is -2.34. The van der Waals surface area contributed by atoms with Crippen LogP contribution in [0, 0.1) is 5.92 Å². The van der Waals surface area contributed by atoms with Crippen molar-refractivity contribution in [2.75, 3.05) is 7.11 Å². The molecule has 1 amide bonds. The second kappa shape index (κ2) is 10.0. The topological polar surface area (TPSA) is 81.4 Å². The molecule has 2 rings (SSSR count). The van der Waals surface area contributed by atoms with E-state index in [0.717, 1.165) is 29.3 Å². The number of rotatable bonds is 6. The zero-order valence-corrected chi connectivity index (χ0v) is 16.1. The fourth-order valence-electron chi connectivity index (χ4n) is 3.01. The molecule has 0 bridgehead atoms. The average molecular weight is 420 g/mol. The van der Waals surface area contributed by atoms with E-state index in [1.165, 1.54) is 7.11 Å². The molecule has 3 atom stereocenters. The molecule has 0 spiro atoms. The van der Waals surface area contributed by atoms with Crippen LogP contribution in [0.2, 0.25) is 0 Å². The van der Waals surface area contributed by atoms with Crippen LogP contribution in [0.15, 0.2) is 28.7 Å². The molecule has 0 aromatic heterocycles. The van der Waals surface area contributed by atoms with Gasteiger partial charge in [-0.05, 0) is 36.5 Å². The first-order valence-electron chi connectivity index (χ1n) is 7.87. The molecular formula is C17H24BrClN2O3. The number of amides is 1. The van der Waals surface area contributed by atoms with Crippen LogP contribution in [-0.2, 0) is 14.3 Å². The second-order valence-electron chi connectivity index (χ2n) is 6.01. The number of methoxy groups -OCH3 is 1. The molecule has 1 aromatic carbocycles. The summed E-state index contributed by atoms with van der Waals surface area (Å²) in [5.41, 5.74) is 6.91. The summed E-state index contributed by atoms with van der Waals surface area (Å²) in [6, 6.07) is 7.27. The Morgan fingerprint density at radius 1 is 1.33 bits per heavy atom. The molecule has 24 heavy (non-hydrogen) atoms. The zero-order valence-electron chi connectivity index (χ0n) is 13.7. The van der Waals surface area contributed by atoms with Crippen molar-refractivity contribution >= 4 is 40.2 Å². The lowest BCUT2D eigenvalue weighted by molar-refractivity contribution is -0.141. The highest BCUT2D eigenvalue weighted by Gasteiger charge is 2.27. The molecule has 1 fully saturated rings. The van der Waals surface area contributed by atoms with Gasteiger partial charge in [-0.2, -0.15) is 0 Å². The minimum atomic E-state index is -0.388. The van der Waals surface area contributed by atoms with Crippen molar-refractivity contribution < 1.29 is 14.3 Å². The first kappa shape index (κ1) is 20.9. The fourth-order valence-corrected chi connectivity index (χ4v) is 3.27. The van der Waals surface area contributed by atoms with E-state index >= 15 is 0 Å². The highest BCUT2D eigenvalue weighted by Crippen LogP contribution is 2.27. The summed E-state index contributed by atoms with van der Waals surface area (Å²) in [5.74, 6) is -0.182. The standard InChI is InChI=1S/C17H23BrN2O3.ClH/c1-23-17(22)10-15(11-5-7-13(18)8-6-11)20-16(21)9-12-3-2-4-14(12)19;/h5-8,12,14-15H,2-4,9-10,19H2,1H3,(H,20,21);1H/t12-,14+,15?;/m0./s1. The third kappa shape index (κ3) is 6.07. The maximum absolute atomic E-state index is 12.3. The van der Waals surface area contributed by atoms with Crippen LogP contribution in [0.3, 0.4) is 0 Å².